The Morgan fingerprint density at radius 2 is 1.14 bits per heavy atom. The van der Waals surface area contributed by atoms with Crippen LogP contribution in [-0.2, 0) is 9.47 Å². The summed E-state index contributed by atoms with van der Waals surface area (Å²) < 4.78 is 10.7. The Morgan fingerprint density at radius 1 is 0.643 bits per heavy atom. The van der Waals surface area contributed by atoms with Crippen LogP contribution in [0.5, 0.6) is 0 Å². The van der Waals surface area contributed by atoms with E-state index >= 15 is 0 Å². The van der Waals surface area contributed by atoms with Crippen molar-refractivity contribution < 1.29 is 40.1 Å². The lowest BCUT2D eigenvalue weighted by atomic mass is 9.87. The Hall–Kier alpha value is -2.08. The molecule has 2 aliphatic heterocycles. The predicted octanol–water partition coefficient (Wildman–Crippen LogP) is -3.54. The summed E-state index contributed by atoms with van der Waals surface area (Å²) in [5.41, 5.74) is 0. The van der Waals surface area contributed by atoms with Gasteiger partial charge < -0.3 is 40.1 Å². The molecule has 0 radical (unpaired) electrons. The fourth-order valence-corrected chi connectivity index (χ4v) is 3.11. The molecule has 0 aromatic carbocycles. The van der Waals surface area contributed by atoms with Crippen LogP contribution >= 0.6 is 0 Å². The van der Waals surface area contributed by atoms with Gasteiger partial charge in [0.1, 0.15) is 24.4 Å². The molecule has 8 heteroatoms. The third-order valence-corrected chi connectivity index (χ3v) is 4.73. The molecule has 8 nitrogen and oxygen atoms in total. The van der Waals surface area contributed by atoms with E-state index in [1.54, 1.807) is 0 Å². The van der Waals surface area contributed by atoms with E-state index < -0.39 is 73.9 Å². The quantitative estimate of drug-likeness (QED) is 0.267. The second-order valence-corrected chi connectivity index (χ2v) is 6.44. The minimum atomic E-state index is -1.40. The van der Waals surface area contributed by atoms with Gasteiger partial charge in [-0.25, -0.2) is 0 Å². The van der Waals surface area contributed by atoms with Gasteiger partial charge in [-0.05, 0) is 11.8 Å². The van der Waals surface area contributed by atoms with E-state index in [2.05, 4.69) is 35.5 Å². The first-order chi connectivity index (χ1) is 13.4. The molecule has 0 saturated carbocycles. The largest absolute Gasteiger partial charge is 0.394 e. The van der Waals surface area contributed by atoms with Crippen LogP contribution < -0.4 is 0 Å². The smallest absolute Gasteiger partial charge is 0.148 e. The standard InChI is InChI=1S/C20H22O8/c1-3-11-15(9-21)28-14(20(26)17(11)23)8-6-5-7-12-16(10-22)27-13(4-2)19(25)18(12)24/h1-2,11-26H,9-10H2/t11-,12-,13-,14-,15-,16-,17+,18+,19+,20+/m1/s1. The van der Waals surface area contributed by atoms with Gasteiger partial charge in [0.25, 0.3) is 0 Å². The molecule has 0 unspecified atom stereocenters. The number of ether oxygens (including phenoxy) is 2. The third-order valence-electron chi connectivity index (χ3n) is 4.73. The van der Waals surface area contributed by atoms with Crippen LogP contribution in [-0.4, -0.2) is 92.7 Å². The molecule has 28 heavy (non-hydrogen) atoms. The van der Waals surface area contributed by atoms with Crippen molar-refractivity contribution in [1.82, 2.24) is 0 Å². The average molecular weight is 390 g/mol. The second-order valence-electron chi connectivity index (χ2n) is 6.44. The summed E-state index contributed by atoms with van der Waals surface area (Å²) in [6.45, 7) is -0.933. The summed E-state index contributed by atoms with van der Waals surface area (Å²) in [7, 11) is 0. The van der Waals surface area contributed by atoms with E-state index in [-0.39, 0.29) is 0 Å². The Kier molecular flexibility index (Phi) is 7.87. The van der Waals surface area contributed by atoms with Gasteiger partial charge in [-0.2, -0.15) is 0 Å². The van der Waals surface area contributed by atoms with Crippen LogP contribution in [0, 0.1) is 60.2 Å². The van der Waals surface area contributed by atoms with Crippen molar-refractivity contribution >= 4 is 0 Å². The molecular formula is C20H22O8. The third kappa shape index (κ3) is 4.49. The topological polar surface area (TPSA) is 140 Å². The monoisotopic (exact) mass is 390 g/mol. The zero-order valence-corrected chi connectivity index (χ0v) is 14.8. The summed E-state index contributed by atoms with van der Waals surface area (Å²) >= 11 is 0. The van der Waals surface area contributed by atoms with Gasteiger partial charge in [-0.15, -0.1) is 12.8 Å². The number of hydrogen-bond donors (Lipinski definition) is 6. The summed E-state index contributed by atoms with van der Waals surface area (Å²) in [6, 6.07) is 0. The van der Waals surface area contributed by atoms with Crippen LogP contribution in [0.3, 0.4) is 0 Å². The maximum Gasteiger partial charge on any atom is 0.148 e. The normalized spacial score (nSPS) is 42.7. The highest BCUT2D eigenvalue weighted by atomic mass is 16.5. The molecule has 0 amide bonds. The Bertz CT molecular complexity index is 741. The van der Waals surface area contributed by atoms with Gasteiger partial charge in [-0.3, -0.25) is 0 Å². The average Bonchev–Trinajstić information content (AvgIpc) is 2.70. The molecule has 0 aromatic heterocycles. The Morgan fingerprint density at radius 3 is 1.71 bits per heavy atom. The summed E-state index contributed by atoms with van der Waals surface area (Å²) in [5.74, 6) is 12.6. The lowest BCUT2D eigenvalue weighted by Gasteiger charge is -2.38. The van der Waals surface area contributed by atoms with Gasteiger partial charge in [0.05, 0.1) is 49.5 Å². The molecule has 2 heterocycles. The first-order valence-corrected chi connectivity index (χ1v) is 8.57. The molecule has 6 N–H and O–H groups in total. The number of terminal acetylenes is 2. The molecule has 150 valence electrons. The molecule has 10 atom stereocenters. The molecular weight excluding hydrogens is 368 g/mol. The molecule has 2 rings (SSSR count). The lowest BCUT2D eigenvalue weighted by molar-refractivity contribution is -0.177. The highest BCUT2D eigenvalue weighted by Crippen LogP contribution is 2.26. The molecule has 2 aliphatic rings. The Labute approximate surface area is 163 Å². The van der Waals surface area contributed by atoms with Gasteiger partial charge in [0.2, 0.25) is 0 Å². The number of hydrogen-bond acceptors (Lipinski definition) is 8. The van der Waals surface area contributed by atoms with E-state index in [0.29, 0.717) is 0 Å². The molecule has 2 fully saturated rings. The van der Waals surface area contributed by atoms with Crippen molar-refractivity contribution in [3.05, 3.63) is 0 Å². The highest BCUT2D eigenvalue weighted by Gasteiger charge is 2.43. The number of aliphatic hydroxyl groups is 6. The molecule has 0 bridgehead atoms. The van der Waals surface area contributed by atoms with Crippen molar-refractivity contribution in [3.63, 3.8) is 0 Å². The molecule has 0 spiro atoms. The fourth-order valence-electron chi connectivity index (χ4n) is 3.11. The van der Waals surface area contributed by atoms with E-state index in [4.69, 9.17) is 22.3 Å². The zero-order chi connectivity index (χ0) is 20.8. The molecule has 0 aromatic rings. The number of rotatable bonds is 2. The molecule has 0 aliphatic carbocycles. The Balaban J connectivity index is 2.13. The van der Waals surface area contributed by atoms with Gasteiger partial charge in [0.15, 0.2) is 0 Å². The van der Waals surface area contributed by atoms with Gasteiger partial charge in [0, 0.05) is 0 Å². The van der Waals surface area contributed by atoms with E-state index in [0.717, 1.165) is 0 Å². The number of aliphatic hydroxyl groups excluding tert-OH is 6. The van der Waals surface area contributed by atoms with Gasteiger partial charge in [-0.1, -0.05) is 23.7 Å². The predicted molar refractivity (Wildman–Crippen MR) is 95.7 cm³/mol. The maximum atomic E-state index is 10.2. The van der Waals surface area contributed by atoms with Crippen molar-refractivity contribution in [2.75, 3.05) is 13.2 Å². The summed E-state index contributed by atoms with van der Waals surface area (Å²) in [6.07, 6.45) is 1.04. The minimum Gasteiger partial charge on any atom is -0.394 e. The van der Waals surface area contributed by atoms with Crippen LogP contribution in [0.25, 0.3) is 0 Å². The maximum absolute atomic E-state index is 10.2. The lowest BCUT2D eigenvalue weighted by Crippen LogP contribution is -2.54. The minimum absolute atomic E-state index is 0.458. The zero-order valence-electron chi connectivity index (χ0n) is 14.8. The van der Waals surface area contributed by atoms with Crippen LogP contribution in [0.15, 0.2) is 0 Å². The molecule has 2 saturated heterocycles. The van der Waals surface area contributed by atoms with Crippen LogP contribution in [0.2, 0.25) is 0 Å². The van der Waals surface area contributed by atoms with E-state index in [1.807, 2.05) is 0 Å². The first kappa shape index (κ1) is 22.2. The van der Waals surface area contributed by atoms with Crippen molar-refractivity contribution in [2.45, 2.75) is 48.8 Å². The van der Waals surface area contributed by atoms with Crippen LogP contribution in [0.4, 0.5) is 0 Å². The second kappa shape index (κ2) is 9.92. The van der Waals surface area contributed by atoms with Crippen LogP contribution in [0.1, 0.15) is 0 Å². The SMILES string of the molecule is C#C[C@H]1[C@H](O)[C@@H](O)[C@@H](C#CC#C[C@H]2[C@H](O)[C@@H](O)[C@@H](C#C)O[C@@H]2CO)O[C@@H]1CO. The fraction of sp³-hybridized carbons (Fsp3) is 0.600. The highest BCUT2D eigenvalue weighted by molar-refractivity contribution is 5.31. The first-order valence-electron chi connectivity index (χ1n) is 8.57. The van der Waals surface area contributed by atoms with E-state index in [9.17, 15) is 30.6 Å². The van der Waals surface area contributed by atoms with E-state index in [1.165, 1.54) is 0 Å². The van der Waals surface area contributed by atoms with Crippen molar-refractivity contribution in [3.8, 4) is 48.4 Å². The van der Waals surface area contributed by atoms with Crippen molar-refractivity contribution in [1.29, 1.82) is 0 Å². The van der Waals surface area contributed by atoms with Crippen molar-refractivity contribution in [2.24, 2.45) is 11.8 Å². The summed E-state index contributed by atoms with van der Waals surface area (Å²) in [5, 5.41) is 58.9. The van der Waals surface area contributed by atoms with Gasteiger partial charge >= 0.3 is 0 Å². The summed E-state index contributed by atoms with van der Waals surface area (Å²) in [4.78, 5) is 0.